The summed E-state index contributed by atoms with van der Waals surface area (Å²) in [5.41, 5.74) is 1.30. The molecule has 1 aromatic carbocycles. The lowest BCUT2D eigenvalue weighted by Gasteiger charge is -1.93. The summed E-state index contributed by atoms with van der Waals surface area (Å²) in [5, 5.41) is 3.79. The van der Waals surface area contributed by atoms with Crippen LogP contribution in [0.2, 0.25) is 0 Å². The topological polar surface area (TPSA) is 37.3 Å². The maximum absolute atomic E-state index is 10.8. The Kier molecular flexibility index (Phi) is 1.69. The lowest BCUT2D eigenvalue weighted by molar-refractivity contribution is 0.0697. The third-order valence-electron chi connectivity index (χ3n) is 1.38. The number of benzene rings is 1. The summed E-state index contributed by atoms with van der Waals surface area (Å²) in [6.45, 7) is 3.57. The summed E-state index contributed by atoms with van der Waals surface area (Å²) in [6, 6.07) is 6.65. The monoisotopic (exact) mass is 150 g/mol. The highest BCUT2D eigenvalue weighted by molar-refractivity contribution is 5.87. The van der Waals surface area contributed by atoms with Gasteiger partial charge in [0.1, 0.15) is 0 Å². The number of hydrogen-bond donors (Lipinski definition) is 1. The van der Waals surface area contributed by atoms with Gasteiger partial charge in [-0.15, -0.1) is 0 Å². The van der Waals surface area contributed by atoms with E-state index in [0.29, 0.717) is 5.56 Å². The van der Waals surface area contributed by atoms with Crippen LogP contribution in [-0.4, -0.2) is 11.1 Å². The largest absolute Gasteiger partial charge is 0.478 e. The van der Waals surface area contributed by atoms with E-state index in [4.69, 9.17) is 1.43 Å². The molecule has 0 unspecified atom stereocenters. The Morgan fingerprint density at radius 3 is 2.64 bits per heavy atom. The molecule has 0 heterocycles. The number of carboxylic acid groups (broad SMARTS) is 1. The number of carbonyl (C=O) groups is 1. The quantitative estimate of drug-likeness (QED) is 0.700. The van der Waals surface area contributed by atoms with Crippen LogP contribution in [0.15, 0.2) is 30.8 Å². The fraction of sp³-hybridized carbons (Fsp3) is 0. The van der Waals surface area contributed by atoms with Crippen LogP contribution in [0.25, 0.3) is 7.51 Å². The molecule has 0 bridgehead atoms. The van der Waals surface area contributed by atoms with Gasteiger partial charge in [0, 0.05) is 0 Å². The summed E-state index contributed by atoms with van der Waals surface area (Å²) in [6.07, 6.45) is 1.68. The third kappa shape index (κ3) is 1.67. The van der Waals surface area contributed by atoms with E-state index in [-0.39, 0.29) is 0 Å². The van der Waals surface area contributed by atoms with Crippen molar-refractivity contribution in [2.24, 2.45) is 0 Å². The van der Waals surface area contributed by atoms with E-state index >= 15 is 0 Å². The molecule has 0 saturated carbocycles. The average molecular weight is 150 g/mol. The van der Waals surface area contributed by atoms with Crippen molar-refractivity contribution in [2.75, 3.05) is 0 Å². The molecule has 0 amide bonds. The van der Waals surface area contributed by atoms with Crippen molar-refractivity contribution in [3.63, 3.8) is 0 Å². The summed E-state index contributed by atoms with van der Waals surface area (Å²) >= 11 is 0. The van der Waals surface area contributed by atoms with Crippen molar-refractivity contribution in [3.8, 4) is 0 Å². The number of aromatic carboxylic acids is 1. The van der Waals surface area contributed by atoms with Gasteiger partial charge in [-0.1, -0.05) is 24.8 Å². The standard InChI is InChI=1S/C9H8O2/c1-2-7-3-5-8(6-4-7)9(10)11/h2-6H,1H2,(H,10,11)/i/hT. The number of hydrogen-bond acceptors (Lipinski definition) is 2. The summed E-state index contributed by atoms with van der Waals surface area (Å²) in [4.78, 5) is 10.8. The first-order valence-corrected chi connectivity index (χ1v) is 3.18. The van der Waals surface area contributed by atoms with Crippen molar-refractivity contribution in [3.05, 3.63) is 42.0 Å². The zero-order valence-electron chi connectivity index (χ0n) is 6.91. The Morgan fingerprint density at radius 1 is 1.55 bits per heavy atom. The van der Waals surface area contributed by atoms with Gasteiger partial charge in [0.2, 0.25) is 0 Å². The highest BCUT2D eigenvalue weighted by atomic mass is 16.4. The van der Waals surface area contributed by atoms with Crippen molar-refractivity contribution >= 4 is 12.0 Å². The average Bonchev–Trinajstić information content (AvgIpc) is 2.17. The second-order valence-corrected chi connectivity index (χ2v) is 2.11. The van der Waals surface area contributed by atoms with E-state index < -0.39 is 5.97 Å². The van der Waals surface area contributed by atoms with Gasteiger partial charge >= 0.3 is 5.97 Å². The number of rotatable bonds is 2. The first kappa shape index (κ1) is 6.16. The molecule has 2 heteroatoms. The van der Waals surface area contributed by atoms with Gasteiger partial charge in [0.05, 0.1) is 5.56 Å². The smallest absolute Gasteiger partial charge is 0.335 e. The van der Waals surface area contributed by atoms with Crippen molar-refractivity contribution in [1.82, 2.24) is 0 Å². The predicted molar refractivity (Wildman–Crippen MR) is 43.5 cm³/mol. The SMILES string of the molecule is [3H]OC(=O)c1ccc(C=C)cc1. The highest BCUT2D eigenvalue weighted by Gasteiger charge is 1.99. The van der Waals surface area contributed by atoms with Crippen LogP contribution in [-0.2, 0) is 0 Å². The lowest BCUT2D eigenvalue weighted by Crippen LogP contribution is -1.94. The third-order valence-corrected chi connectivity index (χ3v) is 1.38. The molecule has 0 aromatic heterocycles. The molecule has 56 valence electrons. The minimum Gasteiger partial charge on any atom is -0.478 e. The molecule has 0 atom stereocenters. The van der Waals surface area contributed by atoms with Crippen LogP contribution in [0.1, 0.15) is 15.9 Å². The molecule has 0 aliphatic rings. The van der Waals surface area contributed by atoms with E-state index in [2.05, 4.69) is 11.7 Å². The van der Waals surface area contributed by atoms with Gasteiger partial charge in [-0.25, -0.2) is 4.79 Å². The lowest BCUT2D eigenvalue weighted by atomic mass is 10.1. The van der Waals surface area contributed by atoms with Gasteiger partial charge < -0.3 is 5.11 Å². The summed E-state index contributed by atoms with van der Waals surface area (Å²) < 4.78 is 6.37. The van der Waals surface area contributed by atoms with Gasteiger partial charge in [-0.3, -0.25) is 0 Å². The maximum Gasteiger partial charge on any atom is 0.335 e. The summed E-state index contributed by atoms with van der Waals surface area (Å²) in [5.74, 6) is -0.648. The molecule has 1 aromatic rings. The molecule has 0 aliphatic carbocycles. The fourth-order valence-electron chi connectivity index (χ4n) is 0.755. The van der Waals surface area contributed by atoms with E-state index in [0.717, 1.165) is 5.56 Å². The van der Waals surface area contributed by atoms with Gasteiger partial charge in [0.25, 0.3) is 1.43 Å². The molecule has 0 fully saturated rings. The second kappa shape index (κ2) is 3.01. The zero-order valence-corrected chi connectivity index (χ0v) is 5.91. The van der Waals surface area contributed by atoms with Gasteiger partial charge in [-0.05, 0) is 17.7 Å². The second-order valence-electron chi connectivity index (χ2n) is 2.11. The summed E-state index contributed by atoms with van der Waals surface area (Å²) in [7, 11) is 0. The van der Waals surface area contributed by atoms with Crippen molar-refractivity contribution < 1.29 is 9.90 Å². The molecule has 1 N–H and O–H groups in total. The zero-order chi connectivity index (χ0) is 8.97. The maximum atomic E-state index is 10.8. The van der Waals surface area contributed by atoms with Crippen LogP contribution in [0, 0.1) is 0 Å². The van der Waals surface area contributed by atoms with Crippen LogP contribution in [0.3, 0.4) is 0 Å². The molecule has 0 saturated heterocycles. The molecule has 2 nitrogen and oxygen atoms in total. The van der Waals surface area contributed by atoms with E-state index in [1.54, 1.807) is 30.3 Å². The molecule has 0 radical (unpaired) electrons. The Hall–Kier alpha value is -1.57. The number of carboxylic acids is 1. The van der Waals surface area contributed by atoms with Crippen molar-refractivity contribution in [1.29, 1.82) is 1.43 Å². The molecular formula is C9H8O2. The first-order chi connectivity index (χ1) is 5.77. The van der Waals surface area contributed by atoms with E-state index in [1.807, 2.05) is 0 Å². The molecular weight excluding hydrogens is 140 g/mol. The Bertz CT molecular complexity index is 290. The van der Waals surface area contributed by atoms with Crippen LogP contribution >= 0.6 is 0 Å². The molecule has 0 aliphatic heterocycles. The Balaban J connectivity index is 2.91. The minimum absolute atomic E-state index is 0.371. The first-order valence-electron chi connectivity index (χ1n) is 3.58. The minimum atomic E-state index is -0.648. The van der Waals surface area contributed by atoms with Crippen LogP contribution in [0.4, 0.5) is 0 Å². The van der Waals surface area contributed by atoms with E-state index in [9.17, 15) is 4.79 Å². The molecule has 0 spiro atoms. The predicted octanol–water partition coefficient (Wildman–Crippen LogP) is 2.03. The Morgan fingerprint density at radius 2 is 2.18 bits per heavy atom. The molecule has 1 rings (SSSR count). The van der Waals surface area contributed by atoms with Crippen LogP contribution in [0.5, 0.6) is 0 Å². The van der Waals surface area contributed by atoms with Gasteiger partial charge in [-0.2, -0.15) is 0 Å². The normalized spacial score (nSPS) is 10.0. The van der Waals surface area contributed by atoms with Gasteiger partial charge in [0.15, 0.2) is 0 Å². The molecule has 11 heavy (non-hydrogen) atoms. The fourth-order valence-corrected chi connectivity index (χ4v) is 0.755. The highest BCUT2D eigenvalue weighted by Crippen LogP contribution is 2.04. The van der Waals surface area contributed by atoms with E-state index in [1.165, 1.54) is 0 Å². The van der Waals surface area contributed by atoms with Crippen LogP contribution < -0.4 is 0 Å². The Labute approximate surface area is 66.3 Å². The van der Waals surface area contributed by atoms with Crippen molar-refractivity contribution in [2.45, 2.75) is 0 Å².